The maximum absolute atomic E-state index is 12.7. The van der Waals surface area contributed by atoms with Crippen molar-refractivity contribution in [1.29, 1.82) is 0 Å². The number of nitrogens with one attached hydrogen (secondary N) is 1. The van der Waals surface area contributed by atoms with Crippen LogP contribution in [-0.4, -0.2) is 34.5 Å². The van der Waals surface area contributed by atoms with E-state index in [4.69, 9.17) is 11.6 Å². The van der Waals surface area contributed by atoms with Crippen molar-refractivity contribution in [2.24, 2.45) is 0 Å². The van der Waals surface area contributed by atoms with Gasteiger partial charge in [-0.1, -0.05) is 18.6 Å². The number of unbranched alkanes of at least 4 members (excludes halogenated alkanes) is 2. The Hall–Kier alpha value is -1.88. The molecule has 0 spiro atoms. The number of hydrogen-bond acceptors (Lipinski definition) is 3. The maximum Gasteiger partial charge on any atom is 0.255 e. The van der Waals surface area contributed by atoms with Crippen molar-refractivity contribution in [3.63, 3.8) is 0 Å². The summed E-state index contributed by atoms with van der Waals surface area (Å²) >= 11 is 5.71. The molecule has 0 saturated carbocycles. The van der Waals surface area contributed by atoms with Crippen LogP contribution in [0.1, 0.15) is 53.6 Å². The van der Waals surface area contributed by atoms with E-state index >= 15 is 0 Å². The first-order valence-electron chi connectivity index (χ1n) is 8.43. The van der Waals surface area contributed by atoms with Gasteiger partial charge in [0.15, 0.2) is 0 Å². The third-order valence-corrected chi connectivity index (χ3v) is 5.03. The summed E-state index contributed by atoms with van der Waals surface area (Å²) in [5, 5.41) is 2.33. The summed E-state index contributed by atoms with van der Waals surface area (Å²) in [6.45, 7) is 0.451. The van der Waals surface area contributed by atoms with Crippen molar-refractivity contribution in [3.8, 4) is 0 Å². The molecular weight excluding hydrogens is 328 g/mol. The number of aryl methyl sites for hydroxylation is 1. The van der Waals surface area contributed by atoms with Crippen molar-refractivity contribution < 1.29 is 14.4 Å². The molecule has 5 nitrogen and oxygen atoms in total. The van der Waals surface area contributed by atoms with Crippen molar-refractivity contribution >= 4 is 29.3 Å². The van der Waals surface area contributed by atoms with Gasteiger partial charge in [-0.05, 0) is 42.9 Å². The zero-order chi connectivity index (χ0) is 17.1. The molecule has 1 N–H and O–H groups in total. The molecule has 1 aromatic rings. The van der Waals surface area contributed by atoms with Gasteiger partial charge in [-0.3, -0.25) is 19.7 Å². The van der Waals surface area contributed by atoms with Gasteiger partial charge in [0.25, 0.3) is 5.91 Å². The molecule has 3 rings (SSSR count). The van der Waals surface area contributed by atoms with Gasteiger partial charge in [0.05, 0.1) is 0 Å². The summed E-state index contributed by atoms with van der Waals surface area (Å²) in [5.41, 5.74) is 2.89. The van der Waals surface area contributed by atoms with Gasteiger partial charge in [-0.25, -0.2) is 0 Å². The van der Waals surface area contributed by atoms with E-state index in [1.807, 2.05) is 12.1 Å². The number of nitrogens with zero attached hydrogens (tertiary/aromatic N) is 1. The predicted octanol–water partition coefficient (Wildman–Crippen LogP) is 2.40. The molecule has 2 heterocycles. The SMILES string of the molecule is O=C1CCC(N2Cc3c(CCCCCCl)cccc3C2=O)C(=O)N1. The molecule has 1 unspecified atom stereocenters. The van der Waals surface area contributed by atoms with Gasteiger partial charge in [-0.2, -0.15) is 0 Å². The van der Waals surface area contributed by atoms with E-state index in [0.717, 1.165) is 31.2 Å². The van der Waals surface area contributed by atoms with E-state index in [0.29, 0.717) is 24.4 Å². The van der Waals surface area contributed by atoms with Crippen LogP contribution in [0.2, 0.25) is 0 Å². The third kappa shape index (κ3) is 3.31. The van der Waals surface area contributed by atoms with Crippen LogP contribution in [0.25, 0.3) is 0 Å². The standard InChI is InChI=1S/C18H21ClN2O3/c19-10-3-1-2-5-12-6-4-7-13-14(12)11-21(18(13)24)15-8-9-16(22)20-17(15)23/h4,6-7,15H,1-3,5,8-11H2,(H,20,22,23). The topological polar surface area (TPSA) is 66.5 Å². The Kier molecular flexibility index (Phi) is 5.19. The summed E-state index contributed by atoms with van der Waals surface area (Å²) in [6, 6.07) is 5.24. The lowest BCUT2D eigenvalue weighted by Gasteiger charge is -2.29. The second kappa shape index (κ2) is 7.34. The minimum absolute atomic E-state index is 0.109. The molecule has 1 fully saturated rings. The fraction of sp³-hybridized carbons (Fsp3) is 0.500. The Labute approximate surface area is 146 Å². The molecule has 1 aromatic carbocycles. The zero-order valence-corrected chi connectivity index (χ0v) is 14.3. The molecule has 1 atom stereocenters. The summed E-state index contributed by atoms with van der Waals surface area (Å²) in [4.78, 5) is 37.7. The van der Waals surface area contributed by atoms with Crippen LogP contribution < -0.4 is 5.32 Å². The minimum atomic E-state index is -0.549. The summed E-state index contributed by atoms with van der Waals surface area (Å²) in [7, 11) is 0. The van der Waals surface area contributed by atoms with Crippen LogP contribution in [0, 0.1) is 0 Å². The molecule has 3 amide bonds. The number of hydrogen-bond donors (Lipinski definition) is 1. The van der Waals surface area contributed by atoms with Gasteiger partial charge < -0.3 is 4.90 Å². The number of alkyl halides is 1. The van der Waals surface area contributed by atoms with Crippen LogP contribution in [0.4, 0.5) is 0 Å². The van der Waals surface area contributed by atoms with Crippen LogP contribution in [-0.2, 0) is 22.6 Å². The van der Waals surface area contributed by atoms with Crippen molar-refractivity contribution in [1.82, 2.24) is 10.2 Å². The van der Waals surface area contributed by atoms with Crippen molar-refractivity contribution in [2.45, 2.75) is 51.1 Å². The molecule has 2 aliphatic heterocycles. The number of amides is 3. The van der Waals surface area contributed by atoms with Gasteiger partial charge in [0.2, 0.25) is 11.8 Å². The molecule has 128 valence electrons. The van der Waals surface area contributed by atoms with Gasteiger partial charge >= 0.3 is 0 Å². The quantitative estimate of drug-likeness (QED) is 0.487. The molecule has 0 aromatic heterocycles. The normalized spacial score (nSPS) is 20.3. The lowest BCUT2D eigenvalue weighted by atomic mass is 9.98. The summed E-state index contributed by atoms with van der Waals surface area (Å²) in [5.74, 6) is -0.0622. The second-order valence-electron chi connectivity index (χ2n) is 6.34. The van der Waals surface area contributed by atoms with E-state index in [-0.39, 0.29) is 24.1 Å². The number of rotatable bonds is 6. The number of benzene rings is 1. The first-order valence-corrected chi connectivity index (χ1v) is 8.96. The molecule has 0 aliphatic carbocycles. The monoisotopic (exact) mass is 348 g/mol. The molecule has 0 bridgehead atoms. The predicted molar refractivity (Wildman–Crippen MR) is 90.8 cm³/mol. The van der Waals surface area contributed by atoms with Gasteiger partial charge in [0.1, 0.15) is 6.04 Å². The van der Waals surface area contributed by atoms with Gasteiger partial charge in [-0.15, -0.1) is 11.6 Å². The highest BCUT2D eigenvalue weighted by atomic mass is 35.5. The van der Waals surface area contributed by atoms with Crippen LogP contribution in [0.15, 0.2) is 18.2 Å². The van der Waals surface area contributed by atoms with E-state index in [1.165, 1.54) is 5.56 Å². The zero-order valence-electron chi connectivity index (χ0n) is 13.5. The van der Waals surface area contributed by atoms with E-state index in [9.17, 15) is 14.4 Å². The Morgan fingerprint density at radius 1 is 1.17 bits per heavy atom. The summed E-state index contributed by atoms with van der Waals surface area (Å²) in [6.07, 6.45) is 4.69. The second-order valence-corrected chi connectivity index (χ2v) is 6.72. The molecular formula is C18H21ClN2O3. The molecule has 0 radical (unpaired) electrons. The fourth-order valence-corrected chi connectivity index (χ4v) is 3.66. The number of piperidine rings is 1. The highest BCUT2D eigenvalue weighted by Gasteiger charge is 2.39. The fourth-order valence-electron chi connectivity index (χ4n) is 3.47. The lowest BCUT2D eigenvalue weighted by molar-refractivity contribution is -0.136. The Morgan fingerprint density at radius 3 is 2.75 bits per heavy atom. The van der Waals surface area contributed by atoms with Crippen LogP contribution >= 0.6 is 11.6 Å². The number of imide groups is 1. The Bertz CT molecular complexity index is 674. The number of carbonyl (C=O) groups excluding carboxylic acids is 3. The van der Waals surface area contributed by atoms with E-state index in [2.05, 4.69) is 11.4 Å². The highest BCUT2D eigenvalue weighted by Crippen LogP contribution is 2.30. The third-order valence-electron chi connectivity index (χ3n) is 4.76. The van der Waals surface area contributed by atoms with E-state index in [1.54, 1.807) is 4.90 Å². The molecule has 2 aliphatic rings. The average molecular weight is 349 g/mol. The molecule has 6 heteroatoms. The van der Waals surface area contributed by atoms with Gasteiger partial charge in [0, 0.05) is 24.4 Å². The number of fused-ring (bicyclic) bond motifs is 1. The lowest BCUT2D eigenvalue weighted by Crippen LogP contribution is -2.52. The Morgan fingerprint density at radius 2 is 2.00 bits per heavy atom. The minimum Gasteiger partial charge on any atom is -0.322 e. The Balaban J connectivity index is 1.75. The summed E-state index contributed by atoms with van der Waals surface area (Å²) < 4.78 is 0. The smallest absolute Gasteiger partial charge is 0.255 e. The van der Waals surface area contributed by atoms with Crippen LogP contribution in [0.5, 0.6) is 0 Å². The molecule has 1 saturated heterocycles. The van der Waals surface area contributed by atoms with Crippen molar-refractivity contribution in [2.75, 3.05) is 5.88 Å². The highest BCUT2D eigenvalue weighted by molar-refractivity contribution is 6.17. The number of carbonyl (C=O) groups is 3. The maximum atomic E-state index is 12.7. The average Bonchev–Trinajstić information content (AvgIpc) is 2.89. The first kappa shape index (κ1) is 17.0. The first-order chi connectivity index (χ1) is 11.6. The molecule has 24 heavy (non-hydrogen) atoms. The largest absolute Gasteiger partial charge is 0.322 e. The van der Waals surface area contributed by atoms with E-state index < -0.39 is 6.04 Å². The number of halogens is 1. The van der Waals surface area contributed by atoms with Crippen molar-refractivity contribution in [3.05, 3.63) is 34.9 Å². The van der Waals surface area contributed by atoms with Crippen LogP contribution in [0.3, 0.4) is 0 Å².